The number of hydrogen-bond donors (Lipinski definition) is 2. The van der Waals surface area contributed by atoms with Crippen LogP contribution in [0.5, 0.6) is 0 Å². The Labute approximate surface area is 153 Å². The summed E-state index contributed by atoms with van der Waals surface area (Å²) in [6, 6.07) is 0.301. The summed E-state index contributed by atoms with van der Waals surface area (Å²) in [5.74, 6) is 1.74. The molecule has 0 aliphatic carbocycles. The van der Waals surface area contributed by atoms with Gasteiger partial charge in [-0.1, -0.05) is 0 Å². The predicted octanol–water partition coefficient (Wildman–Crippen LogP) is 1.04. The lowest BCUT2D eigenvalue weighted by Gasteiger charge is -2.31. The number of carbonyl (C=O) groups excluding carboxylic acids is 1. The van der Waals surface area contributed by atoms with Gasteiger partial charge in [-0.15, -0.1) is 10.2 Å². The van der Waals surface area contributed by atoms with Gasteiger partial charge in [0.05, 0.1) is 6.33 Å². The fourth-order valence-electron chi connectivity index (χ4n) is 3.39. The Morgan fingerprint density at radius 3 is 2.77 bits per heavy atom. The molecular weight excluding hydrogens is 334 g/mol. The van der Waals surface area contributed by atoms with E-state index in [4.69, 9.17) is 0 Å². The third kappa shape index (κ3) is 4.04. The molecule has 0 unspecified atom stereocenters. The van der Waals surface area contributed by atoms with Crippen LogP contribution in [0, 0.1) is 0 Å². The van der Waals surface area contributed by atoms with E-state index in [0.717, 1.165) is 25.1 Å². The van der Waals surface area contributed by atoms with Crippen molar-refractivity contribution in [3.05, 3.63) is 30.4 Å². The van der Waals surface area contributed by atoms with Crippen LogP contribution >= 0.6 is 0 Å². The number of carbonyl (C=O) groups is 1. The monoisotopic (exact) mass is 361 g/mol. The number of rotatable bonds is 6. The molecular formula is C17H27N7O2. The van der Waals surface area contributed by atoms with Crippen molar-refractivity contribution in [3.63, 3.8) is 0 Å². The van der Waals surface area contributed by atoms with E-state index in [9.17, 15) is 9.90 Å². The molecule has 1 fully saturated rings. The molecule has 3 heterocycles. The Balaban J connectivity index is 1.42. The molecule has 2 aromatic rings. The maximum atomic E-state index is 12.4. The minimum absolute atomic E-state index is 0.00436. The maximum Gasteiger partial charge on any atom is 0.317 e. The van der Waals surface area contributed by atoms with Gasteiger partial charge in [-0.2, -0.15) is 0 Å². The number of piperidine rings is 1. The second kappa shape index (κ2) is 8.31. The summed E-state index contributed by atoms with van der Waals surface area (Å²) in [5.41, 5.74) is 0. The second-order valence-electron chi connectivity index (χ2n) is 6.83. The number of nitrogens with zero attached hydrogens (tertiary/aromatic N) is 6. The summed E-state index contributed by atoms with van der Waals surface area (Å²) in [6.45, 7) is 4.05. The summed E-state index contributed by atoms with van der Waals surface area (Å²) in [6.07, 6.45) is 8.08. The molecule has 0 bridgehead atoms. The number of imidazole rings is 1. The van der Waals surface area contributed by atoms with Gasteiger partial charge in [-0.25, -0.2) is 9.78 Å². The highest BCUT2D eigenvalue weighted by atomic mass is 16.3. The Kier molecular flexibility index (Phi) is 5.87. The lowest BCUT2D eigenvalue weighted by atomic mass is 9.96. The summed E-state index contributed by atoms with van der Waals surface area (Å²) in [5, 5.41) is 20.5. The first kappa shape index (κ1) is 18.4. The van der Waals surface area contributed by atoms with Crippen LogP contribution in [0.1, 0.15) is 49.8 Å². The standard InChI is InChI=1S/C17H27N7O2/c1-13(24-10-7-18-12-24)3-6-19-17(26)23-8-4-14(5-9-23)16-21-20-15(11-25)22(16)2/h7,10,12-14,25H,3-6,8-9,11H2,1-2H3,(H,19,26)/t13-/m1/s1. The first-order valence-electron chi connectivity index (χ1n) is 9.09. The van der Waals surface area contributed by atoms with E-state index >= 15 is 0 Å². The van der Waals surface area contributed by atoms with Crippen molar-refractivity contribution in [2.24, 2.45) is 7.05 Å². The largest absolute Gasteiger partial charge is 0.388 e. The van der Waals surface area contributed by atoms with E-state index in [1.54, 1.807) is 12.5 Å². The van der Waals surface area contributed by atoms with Crippen LogP contribution in [0.3, 0.4) is 0 Å². The zero-order chi connectivity index (χ0) is 18.5. The fourth-order valence-corrected chi connectivity index (χ4v) is 3.39. The first-order valence-corrected chi connectivity index (χ1v) is 9.09. The lowest BCUT2D eigenvalue weighted by molar-refractivity contribution is 0.179. The van der Waals surface area contributed by atoms with Gasteiger partial charge < -0.3 is 24.5 Å². The topological polar surface area (TPSA) is 101 Å². The van der Waals surface area contributed by atoms with Crippen LogP contribution in [-0.4, -0.2) is 60.0 Å². The molecule has 26 heavy (non-hydrogen) atoms. The van der Waals surface area contributed by atoms with Crippen LogP contribution in [0.15, 0.2) is 18.7 Å². The molecule has 1 aliphatic rings. The Hall–Kier alpha value is -2.42. The van der Waals surface area contributed by atoms with Crippen LogP contribution in [0.25, 0.3) is 0 Å². The molecule has 142 valence electrons. The number of aliphatic hydroxyl groups excluding tert-OH is 1. The molecule has 2 aromatic heterocycles. The number of likely N-dealkylation sites (tertiary alicyclic amines) is 1. The van der Waals surface area contributed by atoms with Crippen LogP contribution in [-0.2, 0) is 13.7 Å². The predicted molar refractivity (Wildman–Crippen MR) is 95.4 cm³/mol. The average Bonchev–Trinajstić information content (AvgIpc) is 3.31. The Bertz CT molecular complexity index is 705. The third-order valence-corrected chi connectivity index (χ3v) is 5.16. The SMILES string of the molecule is C[C@H](CCNC(=O)N1CCC(c2nnc(CO)n2C)CC1)n1ccnc1. The van der Waals surface area contributed by atoms with E-state index in [-0.39, 0.29) is 18.6 Å². The van der Waals surface area contributed by atoms with E-state index in [2.05, 4.69) is 27.4 Å². The summed E-state index contributed by atoms with van der Waals surface area (Å²) >= 11 is 0. The summed E-state index contributed by atoms with van der Waals surface area (Å²) in [4.78, 5) is 18.3. The number of aliphatic hydroxyl groups is 1. The molecule has 1 saturated heterocycles. The second-order valence-corrected chi connectivity index (χ2v) is 6.83. The highest BCUT2D eigenvalue weighted by Gasteiger charge is 2.27. The summed E-state index contributed by atoms with van der Waals surface area (Å²) < 4.78 is 3.90. The van der Waals surface area contributed by atoms with Gasteiger partial charge in [0, 0.05) is 51.0 Å². The van der Waals surface area contributed by atoms with Crippen molar-refractivity contribution in [2.45, 2.75) is 44.8 Å². The van der Waals surface area contributed by atoms with Gasteiger partial charge in [0.25, 0.3) is 0 Å². The quantitative estimate of drug-likeness (QED) is 0.801. The zero-order valence-electron chi connectivity index (χ0n) is 15.4. The smallest absolute Gasteiger partial charge is 0.317 e. The van der Waals surface area contributed by atoms with Crippen molar-refractivity contribution in [1.29, 1.82) is 0 Å². The molecule has 2 N–H and O–H groups in total. The minimum atomic E-state index is -0.109. The van der Waals surface area contributed by atoms with E-state index in [1.807, 2.05) is 27.3 Å². The number of amides is 2. The molecule has 1 aliphatic heterocycles. The van der Waals surface area contributed by atoms with Crippen molar-refractivity contribution >= 4 is 6.03 Å². The first-order chi connectivity index (χ1) is 12.6. The molecule has 9 nitrogen and oxygen atoms in total. The highest BCUT2D eigenvalue weighted by molar-refractivity contribution is 5.74. The zero-order valence-corrected chi connectivity index (χ0v) is 15.4. The van der Waals surface area contributed by atoms with E-state index < -0.39 is 0 Å². The molecule has 1 atom stereocenters. The van der Waals surface area contributed by atoms with Crippen LogP contribution in [0.4, 0.5) is 4.79 Å². The number of hydrogen-bond acceptors (Lipinski definition) is 5. The van der Waals surface area contributed by atoms with Crippen molar-refractivity contribution in [3.8, 4) is 0 Å². The van der Waals surface area contributed by atoms with Gasteiger partial charge in [-0.05, 0) is 26.2 Å². The Morgan fingerprint density at radius 1 is 1.38 bits per heavy atom. The van der Waals surface area contributed by atoms with Crippen LogP contribution in [0.2, 0.25) is 0 Å². The maximum absolute atomic E-state index is 12.4. The summed E-state index contributed by atoms with van der Waals surface area (Å²) in [7, 11) is 1.88. The number of urea groups is 1. The molecule has 2 amide bonds. The highest BCUT2D eigenvalue weighted by Crippen LogP contribution is 2.26. The Morgan fingerprint density at radius 2 is 2.15 bits per heavy atom. The van der Waals surface area contributed by atoms with Gasteiger partial charge in [0.2, 0.25) is 0 Å². The lowest BCUT2D eigenvalue weighted by Crippen LogP contribution is -2.44. The van der Waals surface area contributed by atoms with Crippen molar-refractivity contribution < 1.29 is 9.90 Å². The molecule has 0 radical (unpaired) electrons. The van der Waals surface area contributed by atoms with Crippen molar-refractivity contribution in [2.75, 3.05) is 19.6 Å². The van der Waals surface area contributed by atoms with Crippen molar-refractivity contribution in [1.82, 2.24) is 34.5 Å². The molecule has 9 heteroatoms. The van der Waals surface area contributed by atoms with E-state index in [0.29, 0.717) is 31.5 Å². The normalized spacial score (nSPS) is 16.7. The fraction of sp³-hybridized carbons (Fsp3) is 0.647. The van der Waals surface area contributed by atoms with Gasteiger partial charge in [-0.3, -0.25) is 0 Å². The molecule has 0 saturated carbocycles. The molecule has 0 spiro atoms. The van der Waals surface area contributed by atoms with Gasteiger partial charge >= 0.3 is 6.03 Å². The third-order valence-electron chi connectivity index (χ3n) is 5.16. The van der Waals surface area contributed by atoms with E-state index in [1.165, 1.54) is 0 Å². The van der Waals surface area contributed by atoms with Gasteiger partial charge in [0.15, 0.2) is 5.82 Å². The molecule has 0 aromatic carbocycles. The molecule has 3 rings (SSSR count). The van der Waals surface area contributed by atoms with Crippen LogP contribution < -0.4 is 5.32 Å². The minimum Gasteiger partial charge on any atom is -0.388 e. The number of nitrogens with one attached hydrogen (secondary N) is 1. The average molecular weight is 361 g/mol. The van der Waals surface area contributed by atoms with Gasteiger partial charge in [0.1, 0.15) is 12.4 Å². The number of aromatic nitrogens is 5.